The topological polar surface area (TPSA) is 57.4 Å². The molecule has 0 spiro atoms. The van der Waals surface area contributed by atoms with Crippen molar-refractivity contribution in [3.63, 3.8) is 0 Å². The van der Waals surface area contributed by atoms with Crippen LogP contribution in [-0.2, 0) is 21.6 Å². The van der Waals surface area contributed by atoms with E-state index in [-0.39, 0.29) is 5.60 Å². The third-order valence-electron chi connectivity index (χ3n) is 4.04. The van der Waals surface area contributed by atoms with Crippen LogP contribution in [0.1, 0.15) is 23.4 Å². The third-order valence-corrected chi connectivity index (χ3v) is 5.07. The molecule has 4 nitrogen and oxygen atoms in total. The first-order valence-electron chi connectivity index (χ1n) is 7.16. The number of nitrogens with two attached hydrogens (primary N) is 1. The number of benzene rings is 1. The maximum Gasteiger partial charge on any atom is 0.125 e. The molecule has 0 saturated carbocycles. The molecule has 3 rings (SSSR count). The molecule has 0 bridgehead atoms. The summed E-state index contributed by atoms with van der Waals surface area (Å²) in [6, 6.07) is 8.23. The largest absolute Gasteiger partial charge is 0.381 e. The fourth-order valence-corrected chi connectivity index (χ4v) is 3.74. The predicted molar refractivity (Wildman–Crippen MR) is 84.2 cm³/mol. The Balaban J connectivity index is 1.91. The molecule has 2 aromatic rings. The normalized spacial score (nSPS) is 17.8. The van der Waals surface area contributed by atoms with E-state index in [1.165, 1.54) is 0 Å². The van der Waals surface area contributed by atoms with Crippen molar-refractivity contribution in [3.05, 3.63) is 40.2 Å². The Morgan fingerprint density at radius 2 is 2.19 bits per heavy atom. The van der Waals surface area contributed by atoms with Crippen LogP contribution in [0.5, 0.6) is 0 Å². The number of aromatic nitrogens is 1. The highest BCUT2D eigenvalue weighted by Crippen LogP contribution is 2.38. The standard InChI is InChI=1S/C16H20N2O2S/c1-19-16(5-7-20-8-6-16)15-18-14(11-21-15)13-4-2-3-12(9-13)10-17/h2-4,9,11H,5-8,10,17H2,1H3. The molecular formula is C16H20N2O2S. The van der Waals surface area contributed by atoms with E-state index in [0.29, 0.717) is 6.54 Å². The number of hydrogen-bond donors (Lipinski definition) is 1. The van der Waals surface area contributed by atoms with E-state index >= 15 is 0 Å². The molecule has 112 valence electrons. The van der Waals surface area contributed by atoms with Gasteiger partial charge in [-0.3, -0.25) is 0 Å². The van der Waals surface area contributed by atoms with Crippen LogP contribution >= 0.6 is 11.3 Å². The van der Waals surface area contributed by atoms with Crippen LogP contribution < -0.4 is 5.73 Å². The van der Waals surface area contributed by atoms with E-state index in [0.717, 1.165) is 47.9 Å². The van der Waals surface area contributed by atoms with Crippen molar-refractivity contribution in [2.24, 2.45) is 5.73 Å². The lowest BCUT2D eigenvalue weighted by atomic mass is 9.95. The van der Waals surface area contributed by atoms with Gasteiger partial charge in [-0.25, -0.2) is 4.98 Å². The molecule has 1 aliphatic heterocycles. The van der Waals surface area contributed by atoms with E-state index in [4.69, 9.17) is 20.2 Å². The SMILES string of the molecule is COC1(c2nc(-c3cccc(CN)c3)cs2)CCOCC1. The van der Waals surface area contributed by atoms with Gasteiger partial charge in [-0.1, -0.05) is 18.2 Å². The quantitative estimate of drug-likeness (QED) is 0.943. The van der Waals surface area contributed by atoms with Crippen molar-refractivity contribution in [3.8, 4) is 11.3 Å². The molecule has 1 aromatic carbocycles. The van der Waals surface area contributed by atoms with Crippen LogP contribution in [0.4, 0.5) is 0 Å². The van der Waals surface area contributed by atoms with Crippen LogP contribution in [0.15, 0.2) is 29.6 Å². The minimum absolute atomic E-state index is 0.285. The van der Waals surface area contributed by atoms with Gasteiger partial charge in [-0.15, -0.1) is 11.3 Å². The van der Waals surface area contributed by atoms with Gasteiger partial charge in [0.05, 0.1) is 5.69 Å². The van der Waals surface area contributed by atoms with Gasteiger partial charge < -0.3 is 15.2 Å². The highest BCUT2D eigenvalue weighted by molar-refractivity contribution is 7.10. The van der Waals surface area contributed by atoms with Gasteiger partial charge in [0, 0.05) is 50.7 Å². The molecule has 0 unspecified atom stereocenters. The summed E-state index contributed by atoms with van der Waals surface area (Å²) in [5, 5.41) is 3.14. The summed E-state index contributed by atoms with van der Waals surface area (Å²) in [6.45, 7) is 2.00. The molecule has 1 aliphatic rings. The number of thiazole rings is 1. The minimum Gasteiger partial charge on any atom is -0.381 e. The zero-order valence-corrected chi connectivity index (χ0v) is 13.0. The average Bonchev–Trinajstić information content (AvgIpc) is 3.06. The van der Waals surface area contributed by atoms with Gasteiger partial charge in [0.1, 0.15) is 10.6 Å². The number of methoxy groups -OCH3 is 1. The first-order chi connectivity index (χ1) is 10.3. The molecule has 0 radical (unpaired) electrons. The van der Waals surface area contributed by atoms with Crippen LogP contribution in [0.2, 0.25) is 0 Å². The van der Waals surface area contributed by atoms with Crippen molar-refractivity contribution in [1.29, 1.82) is 0 Å². The molecule has 0 amide bonds. The number of rotatable bonds is 4. The van der Waals surface area contributed by atoms with E-state index in [2.05, 4.69) is 17.5 Å². The predicted octanol–water partition coefficient (Wildman–Crippen LogP) is 2.92. The second kappa shape index (κ2) is 6.23. The number of hydrogen-bond acceptors (Lipinski definition) is 5. The van der Waals surface area contributed by atoms with Gasteiger partial charge in [-0.05, 0) is 11.6 Å². The zero-order chi connectivity index (χ0) is 14.7. The van der Waals surface area contributed by atoms with Crippen molar-refractivity contribution >= 4 is 11.3 Å². The molecule has 1 aromatic heterocycles. The van der Waals surface area contributed by atoms with Crippen LogP contribution in [-0.4, -0.2) is 25.3 Å². The lowest BCUT2D eigenvalue weighted by Gasteiger charge is -2.33. The molecule has 0 aliphatic carbocycles. The smallest absolute Gasteiger partial charge is 0.125 e. The Hall–Kier alpha value is -1.27. The van der Waals surface area contributed by atoms with Crippen molar-refractivity contribution in [1.82, 2.24) is 4.98 Å². The Morgan fingerprint density at radius 3 is 2.90 bits per heavy atom. The van der Waals surface area contributed by atoms with E-state index in [1.807, 2.05) is 12.1 Å². The fraction of sp³-hybridized carbons (Fsp3) is 0.438. The van der Waals surface area contributed by atoms with Gasteiger partial charge in [0.15, 0.2) is 0 Å². The lowest BCUT2D eigenvalue weighted by molar-refractivity contribution is -0.0947. The van der Waals surface area contributed by atoms with Crippen LogP contribution in [0, 0.1) is 0 Å². The fourth-order valence-electron chi connectivity index (χ4n) is 2.68. The Kier molecular flexibility index (Phi) is 4.35. The molecule has 1 saturated heterocycles. The lowest BCUT2D eigenvalue weighted by Crippen LogP contribution is -2.35. The average molecular weight is 304 g/mol. The summed E-state index contributed by atoms with van der Waals surface area (Å²) < 4.78 is 11.3. The maximum atomic E-state index is 5.81. The first kappa shape index (κ1) is 14.7. The summed E-state index contributed by atoms with van der Waals surface area (Å²) in [7, 11) is 1.77. The highest BCUT2D eigenvalue weighted by Gasteiger charge is 2.37. The zero-order valence-electron chi connectivity index (χ0n) is 12.2. The van der Waals surface area contributed by atoms with E-state index in [1.54, 1.807) is 18.4 Å². The monoisotopic (exact) mass is 304 g/mol. The van der Waals surface area contributed by atoms with Crippen molar-refractivity contribution in [2.75, 3.05) is 20.3 Å². The van der Waals surface area contributed by atoms with Crippen molar-refractivity contribution < 1.29 is 9.47 Å². The summed E-state index contributed by atoms with van der Waals surface area (Å²) >= 11 is 1.66. The van der Waals surface area contributed by atoms with Crippen LogP contribution in [0.3, 0.4) is 0 Å². The van der Waals surface area contributed by atoms with Gasteiger partial charge in [0.25, 0.3) is 0 Å². The van der Waals surface area contributed by atoms with E-state index < -0.39 is 0 Å². The minimum atomic E-state index is -0.285. The van der Waals surface area contributed by atoms with Gasteiger partial charge in [-0.2, -0.15) is 0 Å². The molecule has 2 N–H and O–H groups in total. The maximum absolute atomic E-state index is 5.81. The summed E-state index contributed by atoms with van der Waals surface area (Å²) in [5.74, 6) is 0. The number of nitrogens with zero attached hydrogens (tertiary/aromatic N) is 1. The highest BCUT2D eigenvalue weighted by atomic mass is 32.1. The molecule has 5 heteroatoms. The summed E-state index contributed by atoms with van der Waals surface area (Å²) in [5.41, 5.74) is 8.65. The molecule has 1 fully saturated rings. The van der Waals surface area contributed by atoms with Crippen LogP contribution in [0.25, 0.3) is 11.3 Å². The Bertz CT molecular complexity index is 606. The molecular weight excluding hydrogens is 284 g/mol. The Morgan fingerprint density at radius 1 is 1.38 bits per heavy atom. The second-order valence-corrected chi connectivity index (χ2v) is 6.11. The third kappa shape index (κ3) is 2.87. The molecule has 21 heavy (non-hydrogen) atoms. The number of ether oxygens (including phenoxy) is 2. The Labute approximate surface area is 128 Å². The van der Waals surface area contributed by atoms with Gasteiger partial charge in [0.2, 0.25) is 0 Å². The summed E-state index contributed by atoms with van der Waals surface area (Å²) in [4.78, 5) is 4.82. The van der Waals surface area contributed by atoms with Gasteiger partial charge >= 0.3 is 0 Å². The first-order valence-corrected chi connectivity index (χ1v) is 8.04. The molecule has 0 atom stereocenters. The second-order valence-electron chi connectivity index (χ2n) is 5.25. The summed E-state index contributed by atoms with van der Waals surface area (Å²) in [6.07, 6.45) is 1.72. The van der Waals surface area contributed by atoms with Crippen molar-refractivity contribution in [2.45, 2.75) is 25.0 Å². The molecule has 2 heterocycles. The van der Waals surface area contributed by atoms with E-state index in [9.17, 15) is 0 Å².